The second kappa shape index (κ2) is 5.72. The Morgan fingerprint density at radius 2 is 2.24 bits per heavy atom. The average molecular weight is 239 g/mol. The van der Waals surface area contributed by atoms with Gasteiger partial charge < -0.3 is 19.9 Å². The zero-order valence-electron chi connectivity index (χ0n) is 10.9. The van der Waals surface area contributed by atoms with Gasteiger partial charge in [-0.05, 0) is 19.9 Å². The monoisotopic (exact) mass is 239 g/mol. The molecule has 2 N–H and O–H groups in total. The number of carbonyl (C=O) groups is 1. The van der Waals surface area contributed by atoms with Gasteiger partial charge in [0.25, 0.3) is 5.91 Å². The molecular formula is C12H21N3O2. The number of rotatable bonds is 5. The van der Waals surface area contributed by atoms with E-state index in [4.69, 9.17) is 10.5 Å². The predicted molar refractivity (Wildman–Crippen MR) is 68.1 cm³/mol. The van der Waals surface area contributed by atoms with E-state index < -0.39 is 0 Å². The minimum Gasteiger partial charge on any atom is -0.397 e. The van der Waals surface area contributed by atoms with E-state index in [1.165, 1.54) is 0 Å². The third-order valence-electron chi connectivity index (χ3n) is 2.62. The quantitative estimate of drug-likeness (QED) is 0.844. The number of anilines is 1. The molecule has 0 radical (unpaired) electrons. The highest BCUT2D eigenvalue weighted by Gasteiger charge is 2.18. The minimum atomic E-state index is -0.0348. The fourth-order valence-electron chi connectivity index (χ4n) is 1.62. The van der Waals surface area contributed by atoms with Crippen molar-refractivity contribution in [1.29, 1.82) is 0 Å². The van der Waals surface area contributed by atoms with Gasteiger partial charge in [-0.1, -0.05) is 0 Å². The number of likely N-dealkylation sites (N-methyl/N-ethyl adjacent to an activating group) is 1. The largest absolute Gasteiger partial charge is 0.397 e. The molecule has 17 heavy (non-hydrogen) atoms. The topological polar surface area (TPSA) is 60.5 Å². The summed E-state index contributed by atoms with van der Waals surface area (Å²) in [5.41, 5.74) is 6.97. The van der Waals surface area contributed by atoms with Gasteiger partial charge in [0.1, 0.15) is 5.69 Å². The first-order valence-electron chi connectivity index (χ1n) is 5.69. The summed E-state index contributed by atoms with van der Waals surface area (Å²) in [5, 5.41) is 0. The number of nitrogens with two attached hydrogens (primary N) is 1. The molecule has 1 aromatic rings. The zero-order chi connectivity index (χ0) is 13.0. The number of hydrogen-bond acceptors (Lipinski definition) is 3. The van der Waals surface area contributed by atoms with Crippen molar-refractivity contribution in [2.75, 3.05) is 33.0 Å². The summed E-state index contributed by atoms with van der Waals surface area (Å²) in [6, 6.07) is 1.92. The molecule has 5 heteroatoms. The molecule has 96 valence electrons. The van der Waals surface area contributed by atoms with Crippen LogP contribution < -0.4 is 5.73 Å². The van der Waals surface area contributed by atoms with E-state index >= 15 is 0 Å². The van der Waals surface area contributed by atoms with Gasteiger partial charge >= 0.3 is 0 Å². The molecule has 0 aromatic carbocycles. The van der Waals surface area contributed by atoms with Crippen molar-refractivity contribution in [1.82, 2.24) is 9.47 Å². The van der Waals surface area contributed by atoms with Crippen molar-refractivity contribution in [2.45, 2.75) is 19.9 Å². The van der Waals surface area contributed by atoms with E-state index in [0.717, 1.165) is 0 Å². The third-order valence-corrected chi connectivity index (χ3v) is 2.62. The number of amides is 1. The average Bonchev–Trinajstić information content (AvgIpc) is 2.67. The van der Waals surface area contributed by atoms with Gasteiger partial charge in [0.05, 0.1) is 12.3 Å². The summed E-state index contributed by atoms with van der Waals surface area (Å²) in [4.78, 5) is 13.8. The summed E-state index contributed by atoms with van der Waals surface area (Å²) >= 11 is 0. The van der Waals surface area contributed by atoms with Gasteiger partial charge in [0.15, 0.2) is 0 Å². The van der Waals surface area contributed by atoms with Gasteiger partial charge in [-0.25, -0.2) is 0 Å². The molecule has 5 nitrogen and oxygen atoms in total. The Morgan fingerprint density at radius 1 is 1.59 bits per heavy atom. The summed E-state index contributed by atoms with van der Waals surface area (Å²) in [6.07, 6.45) is 1.79. The molecule has 1 amide bonds. The molecule has 0 atom stereocenters. The van der Waals surface area contributed by atoms with E-state index in [9.17, 15) is 4.79 Å². The van der Waals surface area contributed by atoms with Crippen molar-refractivity contribution in [3.05, 3.63) is 18.0 Å². The Kier molecular flexibility index (Phi) is 4.57. The Labute approximate surface area is 102 Å². The van der Waals surface area contributed by atoms with Crippen LogP contribution in [0.25, 0.3) is 0 Å². The van der Waals surface area contributed by atoms with Crippen molar-refractivity contribution in [3.63, 3.8) is 0 Å². The van der Waals surface area contributed by atoms with Crippen LogP contribution in [0.15, 0.2) is 12.3 Å². The molecule has 0 unspecified atom stereocenters. The van der Waals surface area contributed by atoms with E-state index in [0.29, 0.717) is 24.5 Å². The number of aromatic nitrogens is 1. The number of carbonyl (C=O) groups excluding carboxylic acids is 1. The van der Waals surface area contributed by atoms with Crippen LogP contribution in [0, 0.1) is 0 Å². The first-order chi connectivity index (χ1) is 7.97. The lowest BCUT2D eigenvalue weighted by atomic mass is 10.3. The first kappa shape index (κ1) is 13.6. The SMILES string of the molecule is COCCN(C)C(=O)c1cc(N)cn1C(C)C. The van der Waals surface area contributed by atoms with E-state index in [1.54, 1.807) is 31.3 Å². The molecule has 0 aliphatic carbocycles. The Balaban J connectivity index is 2.87. The van der Waals surface area contributed by atoms with Crippen LogP contribution in [0.2, 0.25) is 0 Å². The van der Waals surface area contributed by atoms with Crippen LogP contribution in [0.3, 0.4) is 0 Å². The number of nitrogen functional groups attached to an aromatic ring is 1. The number of ether oxygens (including phenoxy) is 1. The molecule has 0 saturated carbocycles. The first-order valence-corrected chi connectivity index (χ1v) is 5.69. The van der Waals surface area contributed by atoms with Crippen molar-refractivity contribution >= 4 is 11.6 Å². The number of hydrogen-bond donors (Lipinski definition) is 1. The molecular weight excluding hydrogens is 218 g/mol. The summed E-state index contributed by atoms with van der Waals surface area (Å²) < 4.78 is 6.85. The Bertz CT molecular complexity index is 385. The van der Waals surface area contributed by atoms with E-state index in [2.05, 4.69) is 0 Å². The van der Waals surface area contributed by atoms with Crippen LogP contribution in [0.1, 0.15) is 30.4 Å². The highest BCUT2D eigenvalue weighted by Crippen LogP contribution is 2.17. The molecule has 0 aliphatic rings. The zero-order valence-corrected chi connectivity index (χ0v) is 10.9. The predicted octanol–water partition coefficient (Wildman–Crippen LogP) is 1.37. The lowest BCUT2D eigenvalue weighted by Crippen LogP contribution is -2.31. The maximum Gasteiger partial charge on any atom is 0.270 e. The van der Waals surface area contributed by atoms with Gasteiger partial charge in [0, 0.05) is 32.9 Å². The van der Waals surface area contributed by atoms with Gasteiger partial charge in [-0.15, -0.1) is 0 Å². The summed E-state index contributed by atoms with van der Waals surface area (Å²) in [6.45, 7) is 5.13. The maximum absolute atomic E-state index is 12.2. The lowest BCUT2D eigenvalue weighted by Gasteiger charge is -2.19. The summed E-state index contributed by atoms with van der Waals surface area (Å²) in [7, 11) is 3.38. The van der Waals surface area contributed by atoms with Crippen LogP contribution in [0.4, 0.5) is 5.69 Å². The fraction of sp³-hybridized carbons (Fsp3) is 0.583. The van der Waals surface area contributed by atoms with Gasteiger partial charge in [-0.3, -0.25) is 4.79 Å². The smallest absolute Gasteiger partial charge is 0.270 e. The van der Waals surface area contributed by atoms with E-state index in [-0.39, 0.29) is 11.9 Å². The molecule has 0 fully saturated rings. The standard InChI is InChI=1S/C12H21N3O2/c1-9(2)15-8-10(13)7-11(15)12(16)14(3)5-6-17-4/h7-9H,5-6,13H2,1-4H3. The van der Waals surface area contributed by atoms with Crippen molar-refractivity contribution in [2.24, 2.45) is 0 Å². The third kappa shape index (κ3) is 3.23. The minimum absolute atomic E-state index is 0.0348. The molecule has 1 rings (SSSR count). The lowest BCUT2D eigenvalue weighted by molar-refractivity contribution is 0.0732. The highest BCUT2D eigenvalue weighted by atomic mass is 16.5. The Morgan fingerprint density at radius 3 is 2.76 bits per heavy atom. The molecule has 1 aromatic heterocycles. The molecule has 0 spiro atoms. The highest BCUT2D eigenvalue weighted by molar-refractivity contribution is 5.93. The second-order valence-electron chi connectivity index (χ2n) is 4.38. The second-order valence-corrected chi connectivity index (χ2v) is 4.38. The van der Waals surface area contributed by atoms with E-state index in [1.807, 2.05) is 18.4 Å². The van der Waals surface area contributed by atoms with Crippen LogP contribution in [-0.4, -0.2) is 42.7 Å². The van der Waals surface area contributed by atoms with Crippen LogP contribution >= 0.6 is 0 Å². The molecule has 1 heterocycles. The van der Waals surface area contributed by atoms with Crippen molar-refractivity contribution < 1.29 is 9.53 Å². The van der Waals surface area contributed by atoms with Gasteiger partial charge in [-0.2, -0.15) is 0 Å². The molecule has 0 aliphatic heterocycles. The van der Waals surface area contributed by atoms with Gasteiger partial charge in [0.2, 0.25) is 0 Å². The summed E-state index contributed by atoms with van der Waals surface area (Å²) in [5.74, 6) is -0.0348. The van der Waals surface area contributed by atoms with Crippen molar-refractivity contribution in [3.8, 4) is 0 Å². The van der Waals surface area contributed by atoms with Crippen LogP contribution in [-0.2, 0) is 4.74 Å². The molecule has 0 bridgehead atoms. The normalized spacial score (nSPS) is 10.9. The fourth-order valence-corrected chi connectivity index (χ4v) is 1.62. The number of methoxy groups -OCH3 is 1. The molecule has 0 saturated heterocycles. The number of nitrogens with zero attached hydrogens (tertiary/aromatic N) is 2. The Hall–Kier alpha value is -1.49. The maximum atomic E-state index is 12.2. The van der Waals surface area contributed by atoms with Crippen LogP contribution in [0.5, 0.6) is 0 Å².